The minimum absolute atomic E-state index is 0.0169. The molecule has 4 nitrogen and oxygen atoms in total. The van der Waals surface area contributed by atoms with Crippen LogP contribution in [0.25, 0.3) is 0 Å². The number of rotatable bonds is 1. The van der Waals surface area contributed by atoms with E-state index in [2.05, 4.69) is 20.8 Å². The van der Waals surface area contributed by atoms with Crippen molar-refractivity contribution in [2.75, 3.05) is 0 Å². The van der Waals surface area contributed by atoms with Gasteiger partial charge in [-0.1, -0.05) is 13.8 Å². The summed E-state index contributed by atoms with van der Waals surface area (Å²) in [4.78, 5) is 11.5. The van der Waals surface area contributed by atoms with Crippen LogP contribution in [0, 0.1) is 24.2 Å². The van der Waals surface area contributed by atoms with E-state index in [-0.39, 0.29) is 28.2 Å². The Morgan fingerprint density at radius 3 is 2.68 bits per heavy atom. The fourth-order valence-corrected chi connectivity index (χ4v) is 5.57. The maximum absolute atomic E-state index is 11.5. The fraction of sp³-hybridized carbons (Fsp3) is 0.611. The Hall–Kier alpha value is -1.71. The van der Waals surface area contributed by atoms with Crippen LogP contribution in [0.1, 0.15) is 61.0 Å². The molecule has 0 aromatic heterocycles. The van der Waals surface area contributed by atoms with E-state index in [0.717, 1.165) is 12.8 Å². The van der Waals surface area contributed by atoms with Crippen LogP contribution in [0.4, 0.5) is 0 Å². The summed E-state index contributed by atoms with van der Waals surface area (Å²) in [5.41, 5.74) is 1.18. The molecule has 3 aliphatic rings. The summed E-state index contributed by atoms with van der Waals surface area (Å²) >= 11 is 0. The molecule has 1 aromatic carbocycles. The Morgan fingerprint density at radius 1 is 1.36 bits per heavy atom. The summed E-state index contributed by atoms with van der Waals surface area (Å²) in [5.74, 6) is 0.652. The number of phenols is 1. The second-order valence-corrected chi connectivity index (χ2v) is 8.02. The number of aryl methyl sites for hydroxylation is 1. The van der Waals surface area contributed by atoms with Crippen LogP contribution >= 0.6 is 0 Å². The van der Waals surface area contributed by atoms with E-state index >= 15 is 0 Å². The third kappa shape index (κ3) is 1.37. The van der Waals surface area contributed by atoms with Gasteiger partial charge in [0.05, 0.1) is 0 Å². The van der Waals surface area contributed by atoms with E-state index in [1.54, 1.807) is 13.0 Å². The van der Waals surface area contributed by atoms with Crippen LogP contribution in [0.3, 0.4) is 0 Å². The zero-order valence-corrected chi connectivity index (χ0v) is 13.4. The minimum atomic E-state index is -1.08. The summed E-state index contributed by atoms with van der Waals surface area (Å²) in [7, 11) is 0. The van der Waals surface area contributed by atoms with Gasteiger partial charge in [-0.05, 0) is 49.7 Å². The molecule has 1 heterocycles. The first kappa shape index (κ1) is 13.9. The second kappa shape index (κ2) is 3.79. The number of aromatic carboxylic acids is 1. The van der Waals surface area contributed by atoms with E-state index in [1.165, 1.54) is 0 Å². The van der Waals surface area contributed by atoms with Crippen molar-refractivity contribution < 1.29 is 19.7 Å². The lowest BCUT2D eigenvalue weighted by Crippen LogP contribution is -2.59. The maximum atomic E-state index is 11.5. The highest BCUT2D eigenvalue weighted by Gasteiger charge is 2.69. The lowest BCUT2D eigenvalue weighted by atomic mass is 9.45. The van der Waals surface area contributed by atoms with E-state index in [0.29, 0.717) is 28.7 Å². The molecule has 4 atom stereocenters. The molecule has 0 saturated heterocycles. The van der Waals surface area contributed by atoms with Crippen LogP contribution < -0.4 is 4.74 Å². The number of ether oxygens (including phenoxy) is 1. The zero-order chi connectivity index (χ0) is 16.0. The molecule has 4 heteroatoms. The lowest BCUT2D eigenvalue weighted by Gasteiger charge is -2.62. The lowest BCUT2D eigenvalue weighted by molar-refractivity contribution is -0.121. The Morgan fingerprint density at radius 2 is 2.05 bits per heavy atom. The summed E-state index contributed by atoms with van der Waals surface area (Å²) < 4.78 is 6.28. The van der Waals surface area contributed by atoms with Gasteiger partial charge in [0.2, 0.25) is 0 Å². The zero-order valence-electron chi connectivity index (χ0n) is 13.4. The van der Waals surface area contributed by atoms with Gasteiger partial charge in [0.25, 0.3) is 0 Å². The molecular weight excluding hydrogens is 280 g/mol. The van der Waals surface area contributed by atoms with E-state index in [9.17, 15) is 15.0 Å². The van der Waals surface area contributed by atoms with E-state index < -0.39 is 5.97 Å². The topological polar surface area (TPSA) is 66.8 Å². The summed E-state index contributed by atoms with van der Waals surface area (Å²) in [6.45, 7) is 8.35. The number of benzene rings is 1. The van der Waals surface area contributed by atoms with E-state index in [4.69, 9.17) is 4.74 Å². The number of carboxylic acid groups (broad SMARTS) is 1. The van der Waals surface area contributed by atoms with Crippen LogP contribution in [-0.4, -0.2) is 21.8 Å². The van der Waals surface area contributed by atoms with Crippen molar-refractivity contribution in [1.29, 1.82) is 0 Å². The molecule has 22 heavy (non-hydrogen) atoms. The number of fused-ring (bicyclic) bond motifs is 2. The fourth-order valence-electron chi connectivity index (χ4n) is 5.57. The molecule has 1 aliphatic heterocycles. The molecule has 0 unspecified atom stereocenters. The summed E-state index contributed by atoms with van der Waals surface area (Å²) in [6, 6.07) is 1.79. The van der Waals surface area contributed by atoms with Crippen molar-refractivity contribution in [3.63, 3.8) is 0 Å². The van der Waals surface area contributed by atoms with E-state index in [1.807, 2.05) is 0 Å². The molecule has 0 spiro atoms. The van der Waals surface area contributed by atoms with Gasteiger partial charge in [-0.3, -0.25) is 0 Å². The van der Waals surface area contributed by atoms with Crippen molar-refractivity contribution in [2.24, 2.45) is 17.3 Å². The average molecular weight is 302 g/mol. The third-order valence-electron chi connectivity index (χ3n) is 6.57. The third-order valence-corrected chi connectivity index (χ3v) is 6.57. The normalized spacial score (nSPS) is 36.8. The minimum Gasteiger partial charge on any atom is -0.507 e. The van der Waals surface area contributed by atoms with Crippen LogP contribution in [-0.2, 0) is 0 Å². The highest BCUT2D eigenvalue weighted by atomic mass is 16.5. The molecular formula is C18H22O4. The standard InChI is InChI=1S/C18H22O4/c1-8-7-10-12(15(19)11(8)16(20)21)14-13-9(17(14,2)3)5-6-18(13,4)22-10/h7,9,13-14,19H,5-6H2,1-4H3,(H,20,21)/t9-,13+,14+,18+/m1/s1. The number of hydrogen-bond donors (Lipinski definition) is 2. The summed E-state index contributed by atoms with van der Waals surface area (Å²) in [5, 5.41) is 20.1. The molecule has 0 bridgehead atoms. The van der Waals surface area contributed by atoms with Gasteiger partial charge in [0.15, 0.2) is 0 Å². The van der Waals surface area contributed by atoms with Crippen LogP contribution in [0.2, 0.25) is 0 Å². The van der Waals surface area contributed by atoms with Gasteiger partial charge >= 0.3 is 5.97 Å². The molecule has 0 amide bonds. The quantitative estimate of drug-likeness (QED) is 0.830. The molecule has 118 valence electrons. The first-order chi connectivity index (χ1) is 10.2. The Bertz CT molecular complexity index is 706. The number of carbonyl (C=O) groups is 1. The van der Waals surface area contributed by atoms with Crippen molar-refractivity contribution in [3.8, 4) is 11.5 Å². The SMILES string of the molecule is Cc1cc2c(c(O)c1C(=O)O)[C@H]1[C@@H]3[C@@H](CC[C@]3(C)O2)C1(C)C. The molecule has 1 aromatic rings. The monoisotopic (exact) mass is 302 g/mol. The van der Waals surface area contributed by atoms with Crippen molar-refractivity contribution >= 4 is 5.97 Å². The highest BCUT2D eigenvalue weighted by Crippen LogP contribution is 2.74. The first-order valence-corrected chi connectivity index (χ1v) is 7.97. The molecule has 2 aliphatic carbocycles. The van der Waals surface area contributed by atoms with Gasteiger partial charge in [-0.2, -0.15) is 0 Å². The highest BCUT2D eigenvalue weighted by molar-refractivity contribution is 5.94. The van der Waals surface area contributed by atoms with Crippen molar-refractivity contribution in [2.45, 2.75) is 52.1 Å². The predicted molar refractivity (Wildman–Crippen MR) is 81.6 cm³/mol. The van der Waals surface area contributed by atoms with Gasteiger partial charge in [0, 0.05) is 17.4 Å². The Balaban J connectivity index is 1.98. The largest absolute Gasteiger partial charge is 0.507 e. The smallest absolute Gasteiger partial charge is 0.339 e. The second-order valence-electron chi connectivity index (χ2n) is 8.02. The first-order valence-electron chi connectivity index (χ1n) is 7.97. The number of carboxylic acids is 1. The Labute approximate surface area is 130 Å². The van der Waals surface area contributed by atoms with Crippen molar-refractivity contribution in [1.82, 2.24) is 0 Å². The molecule has 2 saturated carbocycles. The summed E-state index contributed by atoms with van der Waals surface area (Å²) in [6.07, 6.45) is 2.17. The number of aromatic hydroxyl groups is 1. The average Bonchev–Trinajstić information content (AvgIpc) is 2.71. The van der Waals surface area contributed by atoms with Gasteiger partial charge in [-0.15, -0.1) is 0 Å². The van der Waals surface area contributed by atoms with Crippen LogP contribution in [0.5, 0.6) is 11.5 Å². The molecule has 2 N–H and O–H groups in total. The molecule has 2 fully saturated rings. The molecule has 4 rings (SSSR count). The predicted octanol–water partition coefficient (Wildman–Crippen LogP) is 3.70. The molecule has 0 radical (unpaired) electrons. The van der Waals surface area contributed by atoms with Crippen molar-refractivity contribution in [3.05, 3.63) is 22.8 Å². The maximum Gasteiger partial charge on any atom is 0.339 e. The van der Waals surface area contributed by atoms with Gasteiger partial charge < -0.3 is 14.9 Å². The van der Waals surface area contributed by atoms with Crippen LogP contribution in [0.15, 0.2) is 6.07 Å². The van der Waals surface area contributed by atoms with Gasteiger partial charge in [-0.25, -0.2) is 4.79 Å². The number of hydrogen-bond acceptors (Lipinski definition) is 3. The van der Waals surface area contributed by atoms with Gasteiger partial charge in [0.1, 0.15) is 22.7 Å². The Kier molecular flexibility index (Phi) is 2.39.